The van der Waals surface area contributed by atoms with Crippen LogP contribution in [0.5, 0.6) is 0 Å². The monoisotopic (exact) mass is 354 g/mol. The summed E-state index contributed by atoms with van der Waals surface area (Å²) >= 11 is 0.674. The van der Waals surface area contributed by atoms with E-state index in [1.807, 2.05) is 6.07 Å². The van der Waals surface area contributed by atoms with Crippen LogP contribution in [0.15, 0.2) is 40.9 Å². The number of piperazine rings is 1. The molecule has 1 unspecified atom stereocenters. The second kappa shape index (κ2) is 6.32. The van der Waals surface area contributed by atoms with Crippen molar-refractivity contribution >= 4 is 26.4 Å². The van der Waals surface area contributed by atoms with Gasteiger partial charge in [0.2, 0.25) is 0 Å². The summed E-state index contributed by atoms with van der Waals surface area (Å²) in [6.45, 7) is 1.30. The molecule has 122 valence electrons. The van der Waals surface area contributed by atoms with E-state index < -0.39 is 14.9 Å². The molecule has 1 atom stereocenters. The van der Waals surface area contributed by atoms with Crippen molar-refractivity contribution in [3.63, 3.8) is 0 Å². The molecule has 0 amide bonds. The number of rotatable bonds is 4. The van der Waals surface area contributed by atoms with Crippen molar-refractivity contribution in [3.05, 3.63) is 52.3 Å². The van der Waals surface area contributed by atoms with E-state index in [9.17, 15) is 18.5 Å². The third kappa shape index (κ3) is 3.11. The summed E-state index contributed by atoms with van der Waals surface area (Å²) in [5, 5.41) is 13.8. The predicted octanol–water partition coefficient (Wildman–Crippen LogP) is 1.39. The molecule has 1 fully saturated rings. The molecule has 1 aliphatic rings. The van der Waals surface area contributed by atoms with Crippen LogP contribution in [0.2, 0.25) is 0 Å². The first kappa shape index (κ1) is 16.0. The Morgan fingerprint density at radius 1 is 1.39 bits per heavy atom. The first-order valence-electron chi connectivity index (χ1n) is 6.87. The molecule has 2 aromatic rings. The summed E-state index contributed by atoms with van der Waals surface area (Å²) in [6.07, 6.45) is 3.26. The van der Waals surface area contributed by atoms with E-state index in [0.717, 1.165) is 5.56 Å². The van der Waals surface area contributed by atoms with Crippen molar-refractivity contribution in [2.75, 3.05) is 19.6 Å². The number of nitro groups is 1. The summed E-state index contributed by atoms with van der Waals surface area (Å²) in [5.74, 6) is 0. The highest BCUT2D eigenvalue weighted by atomic mass is 32.2. The number of pyridine rings is 1. The minimum Gasteiger partial charge on any atom is -0.313 e. The number of nitrogens with zero attached hydrogens (tertiary/aromatic N) is 3. The maximum absolute atomic E-state index is 12.9. The standard InChI is InChI=1S/C13H14N4O4S2/c18-17(19)12-3-4-13(22-12)23(20,21)16-7-6-15-9-11(16)10-2-1-5-14-8-10/h1-5,8,11,15H,6-7,9H2. The Balaban J connectivity index is 1.97. The summed E-state index contributed by atoms with van der Waals surface area (Å²) in [4.78, 5) is 14.2. The molecule has 0 aliphatic carbocycles. The third-order valence-electron chi connectivity index (χ3n) is 3.57. The quantitative estimate of drug-likeness (QED) is 0.657. The average molecular weight is 354 g/mol. The number of nitrogens with one attached hydrogen (secondary N) is 1. The van der Waals surface area contributed by atoms with Gasteiger partial charge in [0.1, 0.15) is 4.21 Å². The van der Waals surface area contributed by atoms with Crippen LogP contribution in [0, 0.1) is 10.1 Å². The molecule has 3 heterocycles. The van der Waals surface area contributed by atoms with Crippen molar-refractivity contribution in [2.45, 2.75) is 10.3 Å². The Kier molecular flexibility index (Phi) is 4.39. The van der Waals surface area contributed by atoms with Crippen molar-refractivity contribution < 1.29 is 13.3 Å². The molecule has 23 heavy (non-hydrogen) atoms. The molecule has 1 N–H and O–H groups in total. The summed E-state index contributed by atoms with van der Waals surface area (Å²) in [6, 6.07) is 5.71. The number of hydrogen-bond donors (Lipinski definition) is 1. The lowest BCUT2D eigenvalue weighted by Gasteiger charge is -2.34. The van der Waals surface area contributed by atoms with Crippen LogP contribution < -0.4 is 5.32 Å². The second-order valence-electron chi connectivity index (χ2n) is 4.97. The van der Waals surface area contributed by atoms with Crippen LogP contribution >= 0.6 is 11.3 Å². The lowest BCUT2D eigenvalue weighted by Crippen LogP contribution is -2.48. The van der Waals surface area contributed by atoms with Gasteiger partial charge in [-0.25, -0.2) is 8.42 Å². The first-order chi connectivity index (χ1) is 11.0. The molecule has 8 nitrogen and oxygen atoms in total. The third-order valence-corrected chi connectivity index (χ3v) is 6.99. The Bertz CT molecular complexity index is 806. The van der Waals surface area contributed by atoms with Gasteiger partial charge in [-0.15, -0.1) is 0 Å². The van der Waals surface area contributed by atoms with E-state index in [-0.39, 0.29) is 15.3 Å². The molecular weight excluding hydrogens is 340 g/mol. The molecule has 10 heteroatoms. The highest BCUT2D eigenvalue weighted by Crippen LogP contribution is 2.34. The summed E-state index contributed by atoms with van der Waals surface area (Å²) in [5.41, 5.74) is 0.786. The SMILES string of the molecule is O=[N+]([O-])c1ccc(S(=O)(=O)N2CCNCC2c2cccnc2)s1. The number of thiophene rings is 1. The van der Waals surface area contributed by atoms with E-state index in [2.05, 4.69) is 10.3 Å². The largest absolute Gasteiger partial charge is 0.325 e. The van der Waals surface area contributed by atoms with Crippen molar-refractivity contribution in [3.8, 4) is 0 Å². The normalized spacial score (nSPS) is 19.6. The smallest absolute Gasteiger partial charge is 0.313 e. The molecule has 1 aliphatic heterocycles. The van der Waals surface area contributed by atoms with Crippen LogP contribution in [-0.2, 0) is 10.0 Å². The fourth-order valence-electron chi connectivity index (χ4n) is 2.49. The highest BCUT2D eigenvalue weighted by molar-refractivity contribution is 7.91. The Hall–Kier alpha value is -1.88. The predicted molar refractivity (Wildman–Crippen MR) is 84.7 cm³/mol. The summed E-state index contributed by atoms with van der Waals surface area (Å²) < 4.78 is 27.1. The maximum Gasteiger partial charge on any atom is 0.325 e. The molecule has 0 saturated carbocycles. The molecule has 0 spiro atoms. The maximum atomic E-state index is 12.9. The molecule has 0 bridgehead atoms. The Morgan fingerprint density at radius 2 is 2.22 bits per heavy atom. The van der Waals surface area contributed by atoms with Gasteiger partial charge < -0.3 is 5.32 Å². The van der Waals surface area contributed by atoms with Gasteiger partial charge in [0.15, 0.2) is 0 Å². The number of sulfonamides is 1. The minimum absolute atomic E-state index is 0.0139. The topological polar surface area (TPSA) is 105 Å². The lowest BCUT2D eigenvalue weighted by molar-refractivity contribution is -0.380. The van der Waals surface area contributed by atoms with Crippen molar-refractivity contribution in [1.29, 1.82) is 0 Å². The molecule has 1 saturated heterocycles. The molecule has 0 aromatic carbocycles. The minimum atomic E-state index is -3.79. The van der Waals surface area contributed by atoms with Gasteiger partial charge in [-0.05, 0) is 29.0 Å². The van der Waals surface area contributed by atoms with Crippen LogP contribution in [-0.4, -0.2) is 42.3 Å². The Labute approximate surface area is 137 Å². The lowest BCUT2D eigenvalue weighted by atomic mass is 10.1. The summed E-state index contributed by atoms with van der Waals surface area (Å²) in [7, 11) is -3.79. The van der Waals surface area contributed by atoms with Gasteiger partial charge in [-0.3, -0.25) is 15.1 Å². The molecule has 2 aromatic heterocycles. The Morgan fingerprint density at radius 3 is 2.87 bits per heavy atom. The van der Waals surface area contributed by atoms with Gasteiger partial charge in [0.25, 0.3) is 10.0 Å². The van der Waals surface area contributed by atoms with Gasteiger partial charge in [0.05, 0.1) is 11.0 Å². The zero-order valence-electron chi connectivity index (χ0n) is 12.0. The van der Waals surface area contributed by atoms with Crippen molar-refractivity contribution in [2.24, 2.45) is 0 Å². The van der Waals surface area contributed by atoms with E-state index in [1.165, 1.54) is 16.4 Å². The van der Waals surface area contributed by atoms with Crippen LogP contribution in [0.1, 0.15) is 11.6 Å². The molecule has 3 rings (SSSR count). The zero-order chi connectivity index (χ0) is 16.4. The first-order valence-corrected chi connectivity index (χ1v) is 9.12. The number of hydrogen-bond acceptors (Lipinski definition) is 7. The van der Waals surface area contributed by atoms with Gasteiger partial charge >= 0.3 is 5.00 Å². The number of aromatic nitrogens is 1. The molecule has 0 radical (unpaired) electrons. The zero-order valence-corrected chi connectivity index (χ0v) is 13.6. The van der Waals surface area contributed by atoms with E-state index in [1.54, 1.807) is 18.5 Å². The van der Waals surface area contributed by atoms with E-state index >= 15 is 0 Å². The average Bonchev–Trinajstić information content (AvgIpc) is 3.07. The van der Waals surface area contributed by atoms with E-state index in [0.29, 0.717) is 31.0 Å². The fourth-order valence-corrected chi connectivity index (χ4v) is 5.34. The van der Waals surface area contributed by atoms with Crippen LogP contribution in [0.3, 0.4) is 0 Å². The second-order valence-corrected chi connectivity index (χ2v) is 8.15. The fraction of sp³-hybridized carbons (Fsp3) is 0.308. The van der Waals surface area contributed by atoms with E-state index in [4.69, 9.17) is 0 Å². The van der Waals surface area contributed by atoms with Crippen LogP contribution in [0.4, 0.5) is 5.00 Å². The van der Waals surface area contributed by atoms with Crippen LogP contribution in [0.25, 0.3) is 0 Å². The highest BCUT2D eigenvalue weighted by Gasteiger charge is 2.36. The van der Waals surface area contributed by atoms with Gasteiger partial charge in [-0.1, -0.05) is 6.07 Å². The van der Waals surface area contributed by atoms with Gasteiger partial charge in [0, 0.05) is 38.1 Å². The van der Waals surface area contributed by atoms with Crippen molar-refractivity contribution in [1.82, 2.24) is 14.6 Å². The van der Waals surface area contributed by atoms with Gasteiger partial charge in [-0.2, -0.15) is 4.31 Å². The molecular formula is C13H14N4O4S2.